The molecule has 1 aromatic carbocycles. The molecule has 0 unspecified atom stereocenters. The van der Waals surface area contributed by atoms with Crippen LogP contribution in [0.3, 0.4) is 0 Å². The van der Waals surface area contributed by atoms with Crippen molar-refractivity contribution in [1.29, 1.82) is 0 Å². The average molecular weight is 324 g/mol. The highest BCUT2D eigenvalue weighted by Gasteiger charge is 2.30. The Morgan fingerprint density at radius 3 is 2.24 bits per heavy atom. The maximum Gasteiger partial charge on any atom is 0.416 e. The highest BCUT2D eigenvalue weighted by Crippen LogP contribution is 2.29. The van der Waals surface area contributed by atoms with Gasteiger partial charge in [0.2, 0.25) is 0 Å². The molecule has 1 saturated heterocycles. The van der Waals surface area contributed by atoms with Gasteiger partial charge >= 0.3 is 6.18 Å². The van der Waals surface area contributed by atoms with Gasteiger partial charge in [-0.25, -0.2) is 0 Å². The number of halogens is 4. The highest BCUT2D eigenvalue weighted by molar-refractivity contribution is 5.85. The third-order valence-corrected chi connectivity index (χ3v) is 3.57. The summed E-state index contributed by atoms with van der Waals surface area (Å²) < 4.78 is 38.0. The first kappa shape index (κ1) is 18.2. The number of rotatable bonds is 4. The number of piperazine rings is 1. The average Bonchev–Trinajstić information content (AvgIpc) is 2.41. The van der Waals surface area contributed by atoms with Crippen LogP contribution in [0.25, 0.3) is 0 Å². The molecule has 0 radical (unpaired) electrons. The molecule has 2 N–H and O–H groups in total. The normalized spacial score (nSPS) is 17.5. The first-order valence-electron chi connectivity index (χ1n) is 6.80. The van der Waals surface area contributed by atoms with Crippen molar-refractivity contribution in [3.63, 3.8) is 0 Å². The van der Waals surface area contributed by atoms with Gasteiger partial charge in [-0.05, 0) is 11.6 Å². The van der Waals surface area contributed by atoms with Crippen molar-refractivity contribution in [2.75, 3.05) is 39.3 Å². The first-order chi connectivity index (χ1) is 9.49. The minimum atomic E-state index is -4.27. The fourth-order valence-corrected chi connectivity index (χ4v) is 2.46. The minimum absolute atomic E-state index is 0. The molecule has 1 aromatic rings. The summed E-state index contributed by atoms with van der Waals surface area (Å²) in [5.41, 5.74) is 5.66. The molecule has 0 aliphatic carbocycles. The predicted octanol–water partition coefficient (Wildman–Crippen LogP) is 2.20. The maximum atomic E-state index is 12.7. The first-order valence-corrected chi connectivity index (χ1v) is 6.80. The lowest BCUT2D eigenvalue weighted by atomic mass is 10.1. The van der Waals surface area contributed by atoms with Crippen molar-refractivity contribution in [2.24, 2.45) is 5.73 Å². The minimum Gasteiger partial charge on any atom is -0.329 e. The van der Waals surface area contributed by atoms with E-state index in [9.17, 15) is 13.2 Å². The Hall–Kier alpha value is -0.820. The van der Waals surface area contributed by atoms with Crippen LogP contribution < -0.4 is 5.73 Å². The summed E-state index contributed by atoms with van der Waals surface area (Å²) in [6.45, 7) is 5.70. The summed E-state index contributed by atoms with van der Waals surface area (Å²) in [5, 5.41) is 0. The molecule has 1 aliphatic rings. The van der Waals surface area contributed by atoms with Crippen molar-refractivity contribution in [1.82, 2.24) is 9.80 Å². The summed E-state index contributed by atoms with van der Waals surface area (Å²) in [4.78, 5) is 4.46. The summed E-state index contributed by atoms with van der Waals surface area (Å²) in [6.07, 6.45) is -4.27. The molecule has 0 atom stereocenters. The van der Waals surface area contributed by atoms with Crippen LogP contribution in [0.2, 0.25) is 0 Å². The van der Waals surface area contributed by atoms with Gasteiger partial charge in [0.05, 0.1) is 5.56 Å². The quantitative estimate of drug-likeness (QED) is 0.922. The smallest absolute Gasteiger partial charge is 0.329 e. The fourth-order valence-electron chi connectivity index (χ4n) is 2.46. The van der Waals surface area contributed by atoms with E-state index in [0.29, 0.717) is 18.7 Å². The van der Waals surface area contributed by atoms with E-state index in [1.54, 1.807) is 6.07 Å². The number of hydrogen-bond acceptors (Lipinski definition) is 3. The molecular formula is C14H21ClF3N3. The van der Waals surface area contributed by atoms with E-state index in [1.807, 2.05) is 0 Å². The van der Waals surface area contributed by atoms with Crippen LogP contribution in [0.5, 0.6) is 0 Å². The Bertz CT molecular complexity index is 432. The van der Waals surface area contributed by atoms with E-state index >= 15 is 0 Å². The number of benzene rings is 1. The zero-order valence-electron chi connectivity index (χ0n) is 11.8. The van der Waals surface area contributed by atoms with Crippen LogP contribution in [-0.4, -0.2) is 49.1 Å². The van der Waals surface area contributed by atoms with E-state index in [4.69, 9.17) is 5.73 Å². The predicted molar refractivity (Wildman–Crippen MR) is 79.5 cm³/mol. The van der Waals surface area contributed by atoms with Crippen LogP contribution in [0, 0.1) is 0 Å². The SMILES string of the molecule is Cl.NCCN1CCN(Cc2cccc(C(F)(F)F)c2)CC1. The van der Waals surface area contributed by atoms with E-state index < -0.39 is 11.7 Å². The monoisotopic (exact) mass is 323 g/mol. The van der Waals surface area contributed by atoms with Crippen LogP contribution >= 0.6 is 12.4 Å². The van der Waals surface area contributed by atoms with Crippen molar-refractivity contribution in [3.05, 3.63) is 35.4 Å². The Morgan fingerprint density at radius 2 is 1.67 bits per heavy atom. The zero-order chi connectivity index (χ0) is 14.6. The lowest BCUT2D eigenvalue weighted by Gasteiger charge is -2.34. The molecule has 1 heterocycles. The second kappa shape index (κ2) is 7.98. The number of nitrogens with two attached hydrogens (primary N) is 1. The zero-order valence-corrected chi connectivity index (χ0v) is 12.6. The van der Waals surface area contributed by atoms with Gasteiger partial charge in [-0.1, -0.05) is 18.2 Å². The topological polar surface area (TPSA) is 32.5 Å². The molecule has 2 rings (SSSR count). The molecule has 3 nitrogen and oxygen atoms in total. The van der Waals surface area contributed by atoms with Crippen molar-refractivity contribution < 1.29 is 13.2 Å². The molecule has 120 valence electrons. The van der Waals surface area contributed by atoms with Crippen molar-refractivity contribution in [3.8, 4) is 0 Å². The van der Waals surface area contributed by atoms with E-state index in [2.05, 4.69) is 9.80 Å². The molecule has 0 bridgehead atoms. The molecule has 0 amide bonds. The van der Waals surface area contributed by atoms with E-state index in [1.165, 1.54) is 12.1 Å². The van der Waals surface area contributed by atoms with Gasteiger partial charge in [-0.15, -0.1) is 12.4 Å². The molecule has 0 spiro atoms. The van der Waals surface area contributed by atoms with Crippen molar-refractivity contribution >= 4 is 12.4 Å². The Labute approximate surface area is 129 Å². The van der Waals surface area contributed by atoms with Gasteiger partial charge in [0.1, 0.15) is 0 Å². The third kappa shape index (κ3) is 5.47. The van der Waals surface area contributed by atoms with Crippen LogP contribution in [0.15, 0.2) is 24.3 Å². The second-order valence-electron chi connectivity index (χ2n) is 5.10. The standard InChI is InChI=1S/C14H20F3N3.ClH/c15-14(16,17)13-3-1-2-12(10-13)11-20-8-6-19(5-4-18)7-9-20;/h1-3,10H,4-9,11,18H2;1H. The Kier molecular flexibility index (Phi) is 6.93. The van der Waals surface area contributed by atoms with E-state index in [-0.39, 0.29) is 12.4 Å². The van der Waals surface area contributed by atoms with Gasteiger partial charge in [-0.2, -0.15) is 13.2 Å². The molecule has 1 fully saturated rings. The molecule has 0 aromatic heterocycles. The lowest BCUT2D eigenvalue weighted by molar-refractivity contribution is -0.137. The van der Waals surface area contributed by atoms with Gasteiger partial charge in [0.25, 0.3) is 0 Å². The number of alkyl halides is 3. The number of hydrogen-bond donors (Lipinski definition) is 1. The molecule has 1 aliphatic heterocycles. The summed E-state index contributed by atoms with van der Waals surface area (Å²) in [5.74, 6) is 0. The van der Waals surface area contributed by atoms with Crippen LogP contribution in [-0.2, 0) is 12.7 Å². The van der Waals surface area contributed by atoms with Gasteiger partial charge in [0, 0.05) is 45.8 Å². The summed E-state index contributed by atoms with van der Waals surface area (Å²) in [6, 6.07) is 5.58. The second-order valence-corrected chi connectivity index (χ2v) is 5.10. The molecule has 7 heteroatoms. The summed E-state index contributed by atoms with van der Waals surface area (Å²) in [7, 11) is 0. The molecule has 0 saturated carbocycles. The third-order valence-electron chi connectivity index (χ3n) is 3.57. The lowest BCUT2D eigenvalue weighted by Crippen LogP contribution is -2.47. The molecular weight excluding hydrogens is 303 g/mol. The van der Waals surface area contributed by atoms with Crippen molar-refractivity contribution in [2.45, 2.75) is 12.7 Å². The van der Waals surface area contributed by atoms with E-state index in [0.717, 1.165) is 38.8 Å². The maximum absolute atomic E-state index is 12.7. The Balaban J connectivity index is 0.00000220. The van der Waals surface area contributed by atoms with Gasteiger partial charge in [0.15, 0.2) is 0 Å². The van der Waals surface area contributed by atoms with Crippen LogP contribution in [0.1, 0.15) is 11.1 Å². The largest absolute Gasteiger partial charge is 0.416 e. The Morgan fingerprint density at radius 1 is 1.05 bits per heavy atom. The highest BCUT2D eigenvalue weighted by atomic mass is 35.5. The number of nitrogens with zero attached hydrogens (tertiary/aromatic N) is 2. The summed E-state index contributed by atoms with van der Waals surface area (Å²) >= 11 is 0. The van der Waals surface area contributed by atoms with Gasteiger partial charge in [-0.3, -0.25) is 9.80 Å². The van der Waals surface area contributed by atoms with Crippen LogP contribution in [0.4, 0.5) is 13.2 Å². The fraction of sp³-hybridized carbons (Fsp3) is 0.571. The molecule has 21 heavy (non-hydrogen) atoms. The van der Waals surface area contributed by atoms with Gasteiger partial charge < -0.3 is 5.73 Å².